The first kappa shape index (κ1) is 17.2. The predicted molar refractivity (Wildman–Crippen MR) is 95.1 cm³/mol. The van der Waals surface area contributed by atoms with Gasteiger partial charge >= 0.3 is 5.97 Å². The average Bonchev–Trinajstić information content (AvgIpc) is 3.20. The number of carboxylic acid groups (broad SMARTS) is 1. The molecule has 0 saturated carbocycles. The van der Waals surface area contributed by atoms with E-state index < -0.39 is 5.97 Å². The quantitative estimate of drug-likeness (QED) is 0.811. The SMILES string of the molecule is O=C(O)Cc1csc(-c2cc(Cl)ccc2OCCN2CCCC2)n1. The number of nitrogens with zero attached hydrogens (tertiary/aromatic N) is 2. The number of aliphatic carboxylic acids is 1. The zero-order chi connectivity index (χ0) is 16.9. The van der Waals surface area contributed by atoms with Gasteiger partial charge in [0.05, 0.1) is 17.7 Å². The molecule has 0 radical (unpaired) electrons. The molecular formula is C17H19ClN2O3S. The van der Waals surface area contributed by atoms with Crippen LogP contribution >= 0.6 is 22.9 Å². The van der Waals surface area contributed by atoms with Crippen LogP contribution < -0.4 is 4.74 Å². The van der Waals surface area contributed by atoms with Gasteiger partial charge in [0.15, 0.2) is 0 Å². The van der Waals surface area contributed by atoms with E-state index in [0.29, 0.717) is 17.3 Å². The lowest BCUT2D eigenvalue weighted by Gasteiger charge is -2.16. The molecule has 2 aromatic rings. The molecule has 5 nitrogen and oxygen atoms in total. The van der Waals surface area contributed by atoms with Gasteiger partial charge in [-0.05, 0) is 44.1 Å². The highest BCUT2D eigenvalue weighted by Gasteiger charge is 2.15. The van der Waals surface area contributed by atoms with Gasteiger partial charge in [-0.1, -0.05) is 11.6 Å². The van der Waals surface area contributed by atoms with Crippen molar-refractivity contribution in [2.24, 2.45) is 0 Å². The average molecular weight is 367 g/mol. The molecule has 128 valence electrons. The van der Waals surface area contributed by atoms with Crippen molar-refractivity contribution in [1.82, 2.24) is 9.88 Å². The van der Waals surface area contributed by atoms with Crippen LogP contribution in [0.15, 0.2) is 23.6 Å². The number of aromatic nitrogens is 1. The van der Waals surface area contributed by atoms with E-state index in [9.17, 15) is 4.79 Å². The third-order valence-electron chi connectivity index (χ3n) is 3.92. The molecule has 0 atom stereocenters. The van der Waals surface area contributed by atoms with Crippen molar-refractivity contribution in [1.29, 1.82) is 0 Å². The van der Waals surface area contributed by atoms with Crippen LogP contribution in [0, 0.1) is 0 Å². The number of carbonyl (C=O) groups is 1. The fourth-order valence-corrected chi connectivity index (χ4v) is 3.77. The molecule has 7 heteroatoms. The third-order valence-corrected chi connectivity index (χ3v) is 5.08. The molecule has 2 heterocycles. The Hall–Kier alpha value is -1.63. The highest BCUT2D eigenvalue weighted by molar-refractivity contribution is 7.13. The van der Waals surface area contributed by atoms with E-state index in [4.69, 9.17) is 21.4 Å². The van der Waals surface area contributed by atoms with Gasteiger partial charge in [-0.3, -0.25) is 9.69 Å². The lowest BCUT2D eigenvalue weighted by Crippen LogP contribution is -2.25. The van der Waals surface area contributed by atoms with Crippen molar-refractivity contribution in [3.05, 3.63) is 34.3 Å². The molecule has 3 rings (SSSR count). The first-order valence-corrected chi connectivity index (χ1v) is 9.19. The number of halogens is 1. The Kier molecular flexibility index (Phi) is 5.71. The molecule has 1 aromatic heterocycles. The maximum atomic E-state index is 10.8. The van der Waals surface area contributed by atoms with Gasteiger partial charge in [0, 0.05) is 16.9 Å². The largest absolute Gasteiger partial charge is 0.492 e. The van der Waals surface area contributed by atoms with Gasteiger partial charge in [0.25, 0.3) is 0 Å². The van der Waals surface area contributed by atoms with Crippen LogP contribution in [0.4, 0.5) is 0 Å². The molecule has 0 aliphatic carbocycles. The lowest BCUT2D eigenvalue weighted by molar-refractivity contribution is -0.136. The maximum Gasteiger partial charge on any atom is 0.309 e. The fourth-order valence-electron chi connectivity index (χ4n) is 2.75. The van der Waals surface area contributed by atoms with Gasteiger partial charge in [-0.15, -0.1) is 11.3 Å². The molecule has 1 aromatic carbocycles. The minimum Gasteiger partial charge on any atom is -0.492 e. The second kappa shape index (κ2) is 7.96. The number of rotatable bonds is 7. The number of carboxylic acids is 1. The maximum absolute atomic E-state index is 10.8. The number of hydrogen-bond acceptors (Lipinski definition) is 5. The Bertz CT molecular complexity index is 714. The molecule has 1 aliphatic rings. The lowest BCUT2D eigenvalue weighted by atomic mass is 10.2. The van der Waals surface area contributed by atoms with Crippen molar-refractivity contribution in [2.45, 2.75) is 19.3 Å². The Balaban J connectivity index is 1.72. The Morgan fingerprint density at radius 1 is 1.38 bits per heavy atom. The molecule has 1 N–H and O–H groups in total. The predicted octanol–water partition coefficient (Wildman–Crippen LogP) is 3.57. The van der Waals surface area contributed by atoms with Crippen molar-refractivity contribution in [3.63, 3.8) is 0 Å². The monoisotopic (exact) mass is 366 g/mol. The van der Waals surface area contributed by atoms with Crippen molar-refractivity contribution < 1.29 is 14.6 Å². The van der Waals surface area contributed by atoms with E-state index in [1.807, 2.05) is 12.1 Å². The summed E-state index contributed by atoms with van der Waals surface area (Å²) in [5.41, 5.74) is 1.36. The second-order valence-corrected chi connectivity index (χ2v) is 7.05. The standard InChI is InChI=1S/C17H19ClN2O3S/c18-12-3-4-15(23-8-7-20-5-1-2-6-20)14(9-12)17-19-13(11-24-17)10-16(21)22/h3-4,9,11H,1-2,5-8,10H2,(H,21,22). The van der Waals surface area contributed by atoms with Crippen molar-refractivity contribution in [3.8, 4) is 16.3 Å². The number of thiazole rings is 1. The Labute approximate surface area is 149 Å². The van der Waals surface area contributed by atoms with Crippen LogP contribution in [0.5, 0.6) is 5.75 Å². The molecule has 0 unspecified atom stereocenters. The summed E-state index contributed by atoms with van der Waals surface area (Å²) in [6, 6.07) is 5.46. The van der Waals surface area contributed by atoms with Crippen LogP contribution in [-0.4, -0.2) is 47.2 Å². The van der Waals surface area contributed by atoms with Gasteiger partial charge in [-0.2, -0.15) is 0 Å². The van der Waals surface area contributed by atoms with Crippen molar-refractivity contribution >= 4 is 28.9 Å². The molecule has 0 spiro atoms. The summed E-state index contributed by atoms with van der Waals surface area (Å²) in [5, 5.41) is 12.0. The molecule has 24 heavy (non-hydrogen) atoms. The second-order valence-electron chi connectivity index (χ2n) is 5.75. The van der Waals surface area contributed by atoms with Crippen LogP contribution in [0.3, 0.4) is 0 Å². The Morgan fingerprint density at radius 2 is 2.17 bits per heavy atom. The summed E-state index contributed by atoms with van der Waals surface area (Å²) in [5.74, 6) is -0.158. The number of hydrogen-bond donors (Lipinski definition) is 1. The highest BCUT2D eigenvalue weighted by Crippen LogP contribution is 2.34. The zero-order valence-corrected chi connectivity index (χ0v) is 14.8. The first-order valence-electron chi connectivity index (χ1n) is 7.93. The minimum atomic E-state index is -0.889. The molecule has 0 amide bonds. The van der Waals surface area contributed by atoms with Gasteiger partial charge in [0.2, 0.25) is 0 Å². The molecule has 1 fully saturated rings. The van der Waals surface area contributed by atoms with Crippen LogP contribution in [0.1, 0.15) is 18.5 Å². The molecule has 1 saturated heterocycles. The Morgan fingerprint density at radius 3 is 2.92 bits per heavy atom. The summed E-state index contributed by atoms with van der Waals surface area (Å²) in [6.45, 7) is 3.80. The van der Waals surface area contributed by atoms with Gasteiger partial charge in [-0.25, -0.2) is 4.98 Å². The first-order chi connectivity index (χ1) is 11.6. The topological polar surface area (TPSA) is 62.7 Å². The molecule has 0 bridgehead atoms. The zero-order valence-electron chi connectivity index (χ0n) is 13.2. The van der Waals surface area contributed by atoms with Crippen LogP contribution in [-0.2, 0) is 11.2 Å². The fraction of sp³-hybridized carbons (Fsp3) is 0.412. The highest BCUT2D eigenvalue weighted by atomic mass is 35.5. The van der Waals surface area contributed by atoms with Crippen molar-refractivity contribution in [2.75, 3.05) is 26.2 Å². The normalized spacial score (nSPS) is 14.9. The smallest absolute Gasteiger partial charge is 0.309 e. The minimum absolute atomic E-state index is 0.0811. The van der Waals surface area contributed by atoms with Crippen LogP contribution in [0.2, 0.25) is 5.02 Å². The van der Waals surface area contributed by atoms with E-state index in [1.54, 1.807) is 11.4 Å². The van der Waals surface area contributed by atoms with Crippen LogP contribution in [0.25, 0.3) is 10.6 Å². The van der Waals surface area contributed by atoms with Gasteiger partial charge < -0.3 is 9.84 Å². The van der Waals surface area contributed by atoms with Gasteiger partial charge in [0.1, 0.15) is 17.4 Å². The number of benzene rings is 1. The summed E-state index contributed by atoms with van der Waals surface area (Å²) in [6.07, 6.45) is 2.44. The summed E-state index contributed by atoms with van der Waals surface area (Å²) in [7, 11) is 0. The summed E-state index contributed by atoms with van der Waals surface area (Å²) >= 11 is 7.52. The van der Waals surface area contributed by atoms with E-state index in [2.05, 4.69) is 9.88 Å². The van der Waals surface area contributed by atoms with E-state index >= 15 is 0 Å². The molecule has 1 aliphatic heterocycles. The number of likely N-dealkylation sites (tertiary alicyclic amines) is 1. The van der Waals surface area contributed by atoms with E-state index in [-0.39, 0.29) is 6.42 Å². The molecular weight excluding hydrogens is 348 g/mol. The van der Waals surface area contributed by atoms with E-state index in [0.717, 1.165) is 36.0 Å². The number of ether oxygens (including phenoxy) is 1. The third kappa shape index (κ3) is 4.47. The summed E-state index contributed by atoms with van der Waals surface area (Å²) < 4.78 is 5.95. The van der Waals surface area contributed by atoms with E-state index in [1.165, 1.54) is 24.2 Å². The summed E-state index contributed by atoms with van der Waals surface area (Å²) in [4.78, 5) is 17.6.